The number of alkyl halides is 2. The molecule has 0 spiro atoms. The fourth-order valence-corrected chi connectivity index (χ4v) is 4.72. The van der Waals surface area contributed by atoms with E-state index in [2.05, 4.69) is 15.5 Å². The van der Waals surface area contributed by atoms with Crippen LogP contribution in [0.2, 0.25) is 0 Å². The van der Waals surface area contributed by atoms with Crippen molar-refractivity contribution in [3.8, 4) is 11.1 Å². The fourth-order valence-electron chi connectivity index (χ4n) is 4.72. The molecule has 5 rings (SSSR count). The van der Waals surface area contributed by atoms with Gasteiger partial charge in [0.25, 0.3) is 5.92 Å². The van der Waals surface area contributed by atoms with Gasteiger partial charge in [-0.25, -0.2) is 17.9 Å². The van der Waals surface area contributed by atoms with E-state index in [0.717, 1.165) is 0 Å². The molecule has 3 heterocycles. The molecule has 2 aliphatic heterocycles. The monoisotopic (exact) mass is 455 g/mol. The number of aromatic nitrogens is 3. The summed E-state index contributed by atoms with van der Waals surface area (Å²) in [5.41, 5.74) is 1.04. The fraction of sp³-hybridized carbons (Fsp3) is 0.375. The van der Waals surface area contributed by atoms with Crippen LogP contribution in [0.4, 0.5) is 13.2 Å². The van der Waals surface area contributed by atoms with Crippen LogP contribution in [0.1, 0.15) is 24.5 Å². The van der Waals surface area contributed by atoms with Gasteiger partial charge >= 0.3 is 0 Å². The molecular formula is C24H24F3N5O. The standard InChI is InChI=1S/C24H24F3N5O/c1-23(14-31(2)15-23)24(26,27)18-6-3-16(4-7-18)20-8-5-17(11-21(20)25)22-12-19(33-29-22)13-32-10-9-28-30-32/h3-11,19H,12-15H2,1-2H3/t19-/m1/s1. The lowest BCUT2D eigenvalue weighted by molar-refractivity contribution is -0.183. The van der Waals surface area contributed by atoms with Crippen LogP contribution in [-0.4, -0.2) is 51.8 Å². The quantitative estimate of drug-likeness (QED) is 0.556. The second-order valence-corrected chi connectivity index (χ2v) is 9.17. The van der Waals surface area contributed by atoms with Crippen molar-refractivity contribution in [2.45, 2.75) is 31.9 Å². The van der Waals surface area contributed by atoms with Crippen LogP contribution in [0.25, 0.3) is 11.1 Å². The minimum atomic E-state index is -2.95. The molecule has 3 aromatic rings. The number of hydrogen-bond donors (Lipinski definition) is 0. The molecular weight excluding hydrogens is 431 g/mol. The van der Waals surface area contributed by atoms with Gasteiger partial charge in [0.15, 0.2) is 6.10 Å². The Morgan fingerprint density at radius 1 is 1.12 bits per heavy atom. The summed E-state index contributed by atoms with van der Waals surface area (Å²) >= 11 is 0. The molecule has 6 nitrogen and oxygen atoms in total. The highest BCUT2D eigenvalue weighted by Gasteiger charge is 2.56. The molecule has 1 saturated heterocycles. The highest BCUT2D eigenvalue weighted by Crippen LogP contribution is 2.50. The number of oxime groups is 1. The van der Waals surface area contributed by atoms with E-state index in [-0.39, 0.29) is 11.7 Å². The topological polar surface area (TPSA) is 55.5 Å². The number of nitrogens with zero attached hydrogens (tertiary/aromatic N) is 5. The van der Waals surface area contributed by atoms with E-state index in [4.69, 9.17) is 4.84 Å². The molecule has 0 radical (unpaired) electrons. The largest absolute Gasteiger partial charge is 0.390 e. The van der Waals surface area contributed by atoms with E-state index < -0.39 is 17.2 Å². The highest BCUT2D eigenvalue weighted by atomic mass is 19.3. The average Bonchev–Trinajstić information content (AvgIpc) is 3.45. The second-order valence-electron chi connectivity index (χ2n) is 9.17. The summed E-state index contributed by atoms with van der Waals surface area (Å²) in [6.45, 7) is 2.78. The molecule has 0 bridgehead atoms. The van der Waals surface area contributed by atoms with Crippen molar-refractivity contribution >= 4 is 5.71 Å². The SMILES string of the molecule is CN1CC(C)(C(F)(F)c2ccc(-c3ccc(C4=NO[C@@H](Cn5ccnn5)C4)cc3F)cc2)C1. The van der Waals surface area contributed by atoms with Gasteiger partial charge in [-0.1, -0.05) is 53.7 Å². The van der Waals surface area contributed by atoms with E-state index in [0.29, 0.717) is 48.5 Å². The summed E-state index contributed by atoms with van der Waals surface area (Å²) in [5, 5.41) is 11.8. The maximum Gasteiger partial charge on any atom is 0.280 e. The predicted octanol–water partition coefficient (Wildman–Crippen LogP) is 4.32. The number of benzene rings is 2. The van der Waals surface area contributed by atoms with E-state index in [1.165, 1.54) is 18.2 Å². The minimum absolute atomic E-state index is 0.0465. The molecule has 2 aliphatic rings. The summed E-state index contributed by atoms with van der Waals surface area (Å²) in [6, 6.07) is 10.7. The Hall–Kier alpha value is -3.20. The molecule has 1 aromatic heterocycles. The summed E-state index contributed by atoms with van der Waals surface area (Å²) < 4.78 is 46.6. The Morgan fingerprint density at radius 2 is 1.85 bits per heavy atom. The van der Waals surface area contributed by atoms with Crippen molar-refractivity contribution in [1.29, 1.82) is 0 Å². The number of rotatable bonds is 6. The Kier molecular flexibility index (Phi) is 5.23. The normalized spacial score (nSPS) is 20.3. The third kappa shape index (κ3) is 3.90. The lowest BCUT2D eigenvalue weighted by atomic mass is 9.73. The van der Waals surface area contributed by atoms with Gasteiger partial charge in [-0.2, -0.15) is 0 Å². The summed E-state index contributed by atoms with van der Waals surface area (Å²) in [7, 11) is 1.83. The third-order valence-electron chi connectivity index (χ3n) is 6.45. The molecule has 0 amide bonds. The molecule has 33 heavy (non-hydrogen) atoms. The summed E-state index contributed by atoms with van der Waals surface area (Å²) in [4.78, 5) is 7.31. The zero-order valence-corrected chi connectivity index (χ0v) is 18.4. The van der Waals surface area contributed by atoms with Crippen molar-refractivity contribution in [1.82, 2.24) is 19.9 Å². The first-order valence-electron chi connectivity index (χ1n) is 10.8. The van der Waals surface area contributed by atoms with Crippen LogP contribution in [0, 0.1) is 11.2 Å². The zero-order chi connectivity index (χ0) is 23.2. The van der Waals surface area contributed by atoms with Crippen LogP contribution >= 0.6 is 0 Å². The van der Waals surface area contributed by atoms with E-state index >= 15 is 8.78 Å². The lowest BCUT2D eigenvalue weighted by Gasteiger charge is -2.50. The zero-order valence-electron chi connectivity index (χ0n) is 18.4. The number of hydrogen-bond acceptors (Lipinski definition) is 5. The van der Waals surface area contributed by atoms with Crippen LogP contribution < -0.4 is 0 Å². The first-order chi connectivity index (χ1) is 15.7. The average molecular weight is 455 g/mol. The van der Waals surface area contributed by atoms with Gasteiger partial charge in [-0.15, -0.1) is 5.10 Å². The maximum absolute atomic E-state index is 15.0. The molecule has 0 aliphatic carbocycles. The Bertz CT molecular complexity index is 1170. The molecule has 2 aromatic carbocycles. The Morgan fingerprint density at radius 3 is 2.48 bits per heavy atom. The smallest absolute Gasteiger partial charge is 0.280 e. The predicted molar refractivity (Wildman–Crippen MR) is 117 cm³/mol. The molecule has 0 saturated carbocycles. The van der Waals surface area contributed by atoms with Crippen molar-refractivity contribution in [2.24, 2.45) is 10.6 Å². The molecule has 1 fully saturated rings. The maximum atomic E-state index is 15.0. The van der Waals surface area contributed by atoms with Gasteiger partial charge in [-0.05, 0) is 18.7 Å². The number of halogens is 3. The van der Waals surface area contributed by atoms with Crippen LogP contribution in [0.15, 0.2) is 60.0 Å². The van der Waals surface area contributed by atoms with Gasteiger partial charge in [0.1, 0.15) is 5.82 Å². The first-order valence-corrected chi connectivity index (χ1v) is 10.8. The number of likely N-dealkylation sites (tertiary alicyclic amines) is 1. The van der Waals surface area contributed by atoms with Crippen molar-refractivity contribution in [3.05, 3.63) is 71.8 Å². The Labute approximate surface area is 189 Å². The van der Waals surface area contributed by atoms with Crippen LogP contribution in [0.3, 0.4) is 0 Å². The highest BCUT2D eigenvalue weighted by molar-refractivity contribution is 6.01. The second kappa shape index (κ2) is 7.98. The molecule has 1 atom stereocenters. The lowest BCUT2D eigenvalue weighted by Crippen LogP contribution is -2.60. The van der Waals surface area contributed by atoms with Gasteiger partial charge in [0.2, 0.25) is 0 Å². The first kappa shape index (κ1) is 21.6. The van der Waals surface area contributed by atoms with Crippen LogP contribution in [0.5, 0.6) is 0 Å². The van der Waals surface area contributed by atoms with Crippen molar-refractivity contribution in [3.63, 3.8) is 0 Å². The van der Waals surface area contributed by atoms with Crippen molar-refractivity contribution < 1.29 is 18.0 Å². The molecule has 0 unspecified atom stereocenters. The van der Waals surface area contributed by atoms with Gasteiger partial charge in [0.05, 0.1) is 23.9 Å². The summed E-state index contributed by atoms with van der Waals surface area (Å²) in [5.74, 6) is -3.40. The summed E-state index contributed by atoms with van der Waals surface area (Å²) in [6.07, 6.45) is 3.65. The van der Waals surface area contributed by atoms with Gasteiger partial charge in [0, 0.05) is 42.4 Å². The van der Waals surface area contributed by atoms with Crippen molar-refractivity contribution in [2.75, 3.05) is 20.1 Å². The minimum Gasteiger partial charge on any atom is -0.390 e. The van der Waals surface area contributed by atoms with Gasteiger partial charge < -0.3 is 9.74 Å². The third-order valence-corrected chi connectivity index (χ3v) is 6.45. The molecule has 172 valence electrons. The van der Waals surface area contributed by atoms with E-state index in [9.17, 15) is 4.39 Å². The van der Waals surface area contributed by atoms with Crippen LogP contribution in [-0.2, 0) is 17.3 Å². The molecule has 9 heteroatoms. The molecule has 0 N–H and O–H groups in total. The van der Waals surface area contributed by atoms with E-state index in [1.807, 2.05) is 11.9 Å². The Balaban J connectivity index is 1.30. The van der Waals surface area contributed by atoms with Gasteiger partial charge in [-0.3, -0.25) is 0 Å². The van der Waals surface area contributed by atoms with E-state index in [1.54, 1.807) is 48.3 Å².